The Hall–Kier alpha value is -2.86. The van der Waals surface area contributed by atoms with Crippen LogP contribution in [0.3, 0.4) is 0 Å². The van der Waals surface area contributed by atoms with Gasteiger partial charge < -0.3 is 20.9 Å². The quantitative estimate of drug-likeness (QED) is 0.484. The number of benzene rings is 1. The van der Waals surface area contributed by atoms with E-state index in [9.17, 15) is 22.8 Å². The first-order chi connectivity index (χ1) is 16.2. The standard InChI is InChI=1S/C22H27F3N6O2S/c1-13-14(3-4-16(26-2)19(13)27-11-32)8-30-6-5-15-9-31(10-17(15)30)20-21(34-12-28-20)29-18(33)7-22(23,24)25/h3-4,11-12,15,17,26H,5-10H2,1-2H3,(H,27,32)(H,29,33). The number of likely N-dealkylation sites (tertiary alicyclic amines) is 1. The Morgan fingerprint density at radius 3 is 2.82 bits per heavy atom. The van der Waals surface area contributed by atoms with Crippen LogP contribution in [0.1, 0.15) is 24.0 Å². The van der Waals surface area contributed by atoms with E-state index in [4.69, 9.17) is 0 Å². The molecule has 2 fully saturated rings. The summed E-state index contributed by atoms with van der Waals surface area (Å²) in [5.74, 6) is -0.147. The number of nitrogens with one attached hydrogen (secondary N) is 3. The van der Waals surface area contributed by atoms with E-state index in [0.29, 0.717) is 29.7 Å². The largest absolute Gasteiger partial charge is 0.397 e. The number of carbonyl (C=O) groups excluding carboxylic acids is 2. The smallest absolute Gasteiger partial charge is 0.386 e. The van der Waals surface area contributed by atoms with Gasteiger partial charge >= 0.3 is 6.18 Å². The van der Waals surface area contributed by atoms with Crippen LogP contribution in [0.2, 0.25) is 0 Å². The van der Waals surface area contributed by atoms with Crippen molar-refractivity contribution in [2.24, 2.45) is 5.92 Å². The molecule has 8 nitrogen and oxygen atoms in total. The van der Waals surface area contributed by atoms with Crippen molar-refractivity contribution in [3.8, 4) is 0 Å². The zero-order chi connectivity index (χ0) is 24.5. The number of amides is 2. The summed E-state index contributed by atoms with van der Waals surface area (Å²) >= 11 is 1.13. The fourth-order valence-corrected chi connectivity index (χ4v) is 5.64. The number of aromatic nitrogens is 1. The third-order valence-electron chi connectivity index (χ3n) is 6.55. The van der Waals surface area contributed by atoms with E-state index in [2.05, 4.69) is 36.8 Å². The number of nitrogens with zero attached hydrogens (tertiary/aromatic N) is 3. The van der Waals surface area contributed by atoms with Crippen molar-refractivity contribution < 1.29 is 22.8 Å². The lowest BCUT2D eigenvalue weighted by molar-refractivity contribution is -0.150. The van der Waals surface area contributed by atoms with Gasteiger partial charge in [-0.15, -0.1) is 11.3 Å². The summed E-state index contributed by atoms with van der Waals surface area (Å²) < 4.78 is 37.6. The first-order valence-electron chi connectivity index (χ1n) is 11.0. The van der Waals surface area contributed by atoms with Crippen LogP contribution >= 0.6 is 11.3 Å². The molecule has 2 atom stereocenters. The maximum atomic E-state index is 12.5. The highest BCUT2D eigenvalue weighted by molar-refractivity contribution is 7.14. The molecule has 2 aliphatic rings. The number of halogens is 3. The highest BCUT2D eigenvalue weighted by Gasteiger charge is 2.42. The maximum Gasteiger partial charge on any atom is 0.397 e. The average molecular weight is 497 g/mol. The third kappa shape index (κ3) is 5.12. The second-order valence-corrected chi connectivity index (χ2v) is 9.48. The van der Waals surface area contributed by atoms with Gasteiger partial charge in [0.15, 0.2) is 5.82 Å². The molecular weight excluding hydrogens is 469 g/mol. The predicted octanol–water partition coefficient (Wildman–Crippen LogP) is 3.66. The monoisotopic (exact) mass is 496 g/mol. The van der Waals surface area contributed by atoms with Crippen LogP contribution in [0.5, 0.6) is 0 Å². The molecule has 2 saturated heterocycles. The molecule has 1 aromatic heterocycles. The number of hydrogen-bond acceptors (Lipinski definition) is 7. The summed E-state index contributed by atoms with van der Waals surface area (Å²) in [6.07, 6.45) is -4.39. The first kappa shape index (κ1) is 24.3. The summed E-state index contributed by atoms with van der Waals surface area (Å²) in [6, 6.07) is 4.28. The molecule has 0 bridgehead atoms. The molecule has 0 aliphatic carbocycles. The van der Waals surface area contributed by atoms with Crippen molar-refractivity contribution in [3.05, 3.63) is 28.8 Å². The molecule has 2 aliphatic heterocycles. The summed E-state index contributed by atoms with van der Waals surface area (Å²) in [5, 5.41) is 8.61. The summed E-state index contributed by atoms with van der Waals surface area (Å²) in [5.41, 5.74) is 5.28. The number of alkyl halides is 3. The van der Waals surface area contributed by atoms with Gasteiger partial charge in [0.25, 0.3) is 0 Å². The van der Waals surface area contributed by atoms with Crippen molar-refractivity contribution in [1.29, 1.82) is 0 Å². The minimum atomic E-state index is -4.55. The number of fused-ring (bicyclic) bond motifs is 1. The fourth-order valence-electron chi connectivity index (χ4n) is 4.92. The molecule has 3 N–H and O–H groups in total. The van der Waals surface area contributed by atoms with E-state index in [1.807, 2.05) is 13.0 Å². The van der Waals surface area contributed by atoms with Crippen LogP contribution in [-0.2, 0) is 16.1 Å². The first-order valence-corrected chi connectivity index (χ1v) is 11.9. The Labute approximate surface area is 199 Å². The molecule has 34 heavy (non-hydrogen) atoms. The molecule has 0 spiro atoms. The van der Waals surface area contributed by atoms with Gasteiger partial charge in [-0.1, -0.05) is 6.07 Å². The van der Waals surface area contributed by atoms with E-state index in [-0.39, 0.29) is 6.04 Å². The van der Waals surface area contributed by atoms with Gasteiger partial charge in [-0.05, 0) is 43.0 Å². The lowest BCUT2D eigenvalue weighted by Gasteiger charge is -2.26. The van der Waals surface area contributed by atoms with Crippen LogP contribution in [0, 0.1) is 12.8 Å². The number of anilines is 4. The van der Waals surface area contributed by atoms with Gasteiger partial charge in [0.05, 0.1) is 16.9 Å². The van der Waals surface area contributed by atoms with Gasteiger partial charge in [0, 0.05) is 32.7 Å². The molecule has 1 aromatic carbocycles. The second kappa shape index (κ2) is 9.79. The van der Waals surface area contributed by atoms with Crippen molar-refractivity contribution in [1.82, 2.24) is 9.88 Å². The van der Waals surface area contributed by atoms with Gasteiger partial charge in [-0.25, -0.2) is 4.98 Å². The second-order valence-electron chi connectivity index (χ2n) is 8.62. The average Bonchev–Trinajstić information content (AvgIpc) is 3.46. The summed E-state index contributed by atoms with van der Waals surface area (Å²) in [7, 11) is 1.81. The Bertz CT molecular complexity index is 1060. The Balaban J connectivity index is 1.45. The van der Waals surface area contributed by atoms with Crippen LogP contribution in [0.25, 0.3) is 0 Å². The van der Waals surface area contributed by atoms with E-state index in [1.54, 1.807) is 12.6 Å². The predicted molar refractivity (Wildman–Crippen MR) is 126 cm³/mol. The Kier molecular flexibility index (Phi) is 6.99. The molecule has 184 valence electrons. The van der Waals surface area contributed by atoms with Gasteiger partial charge in [-0.2, -0.15) is 13.2 Å². The zero-order valence-electron chi connectivity index (χ0n) is 18.9. The molecule has 2 amide bonds. The molecule has 4 rings (SSSR count). The molecule has 0 saturated carbocycles. The van der Waals surface area contributed by atoms with Crippen molar-refractivity contribution in [2.45, 2.75) is 38.5 Å². The van der Waals surface area contributed by atoms with E-state index in [1.165, 1.54) is 0 Å². The van der Waals surface area contributed by atoms with Crippen LogP contribution < -0.4 is 20.9 Å². The van der Waals surface area contributed by atoms with Crippen LogP contribution in [-0.4, -0.2) is 61.1 Å². The Morgan fingerprint density at radius 1 is 1.32 bits per heavy atom. The molecule has 3 heterocycles. The van der Waals surface area contributed by atoms with E-state index < -0.39 is 18.5 Å². The SMILES string of the molecule is CNc1ccc(CN2CCC3CN(c4ncsc4NC(=O)CC(F)(F)F)CC32)c(C)c1NC=O. The molecule has 2 unspecified atom stereocenters. The highest BCUT2D eigenvalue weighted by Crippen LogP contribution is 2.39. The van der Waals surface area contributed by atoms with Gasteiger partial charge in [0.1, 0.15) is 11.4 Å². The molecule has 0 radical (unpaired) electrons. The van der Waals surface area contributed by atoms with Crippen molar-refractivity contribution >= 4 is 45.8 Å². The Morgan fingerprint density at radius 2 is 2.12 bits per heavy atom. The topological polar surface area (TPSA) is 89.6 Å². The van der Waals surface area contributed by atoms with Crippen LogP contribution in [0.15, 0.2) is 17.6 Å². The summed E-state index contributed by atoms with van der Waals surface area (Å²) in [6.45, 7) is 5.08. The van der Waals surface area contributed by atoms with Gasteiger partial charge in [-0.3, -0.25) is 14.5 Å². The van der Waals surface area contributed by atoms with Crippen LogP contribution in [0.4, 0.5) is 35.4 Å². The van der Waals surface area contributed by atoms with Crippen molar-refractivity contribution in [2.75, 3.05) is 47.5 Å². The minimum absolute atomic E-state index is 0.270. The minimum Gasteiger partial charge on any atom is -0.386 e. The van der Waals surface area contributed by atoms with E-state index in [0.717, 1.165) is 59.9 Å². The maximum absolute atomic E-state index is 12.5. The number of hydrogen-bond donors (Lipinski definition) is 3. The highest BCUT2D eigenvalue weighted by atomic mass is 32.1. The third-order valence-corrected chi connectivity index (χ3v) is 7.28. The fraction of sp³-hybridized carbons (Fsp3) is 0.500. The van der Waals surface area contributed by atoms with Crippen molar-refractivity contribution in [3.63, 3.8) is 0 Å². The molecule has 12 heteroatoms. The lowest BCUT2D eigenvalue weighted by Crippen LogP contribution is -2.35. The van der Waals surface area contributed by atoms with Gasteiger partial charge in [0.2, 0.25) is 12.3 Å². The van der Waals surface area contributed by atoms with E-state index >= 15 is 0 Å². The molecule has 2 aromatic rings. The number of carbonyl (C=O) groups is 2. The molecular formula is C22H27F3N6O2S. The number of rotatable bonds is 8. The lowest BCUT2D eigenvalue weighted by atomic mass is 10.0. The summed E-state index contributed by atoms with van der Waals surface area (Å²) in [4.78, 5) is 31.6. The number of thiazole rings is 1. The normalized spacial score (nSPS) is 20.3. The zero-order valence-corrected chi connectivity index (χ0v) is 19.7.